The van der Waals surface area contributed by atoms with Crippen LogP contribution in [0, 0.1) is 0 Å². The Bertz CT molecular complexity index is 767. The lowest BCUT2D eigenvalue weighted by Crippen LogP contribution is -2.36. The molecule has 2 aromatic rings. The summed E-state index contributed by atoms with van der Waals surface area (Å²) in [5.41, 5.74) is 2.06. The molecule has 0 bridgehead atoms. The molecule has 28 heavy (non-hydrogen) atoms. The first-order valence-electron chi connectivity index (χ1n) is 8.52. The molecule has 0 spiro atoms. The highest BCUT2D eigenvalue weighted by Crippen LogP contribution is 2.39. The van der Waals surface area contributed by atoms with Crippen LogP contribution in [0.1, 0.15) is 11.1 Å². The van der Waals surface area contributed by atoms with Gasteiger partial charge in [0, 0.05) is 25.7 Å². The molecule has 0 fully saturated rings. The first-order valence-corrected chi connectivity index (χ1v) is 8.52. The fraction of sp³-hybridized carbons (Fsp3) is 0.350. The SMILES string of the molecule is CN=C(NCc1ccc(OC)cc1)NCc1ccc(OC)c(OC)c1OC.I. The second kappa shape index (κ2) is 12.2. The number of nitrogens with one attached hydrogen (secondary N) is 2. The minimum atomic E-state index is 0. The molecule has 0 saturated heterocycles. The first-order chi connectivity index (χ1) is 13.2. The molecule has 0 aliphatic heterocycles. The van der Waals surface area contributed by atoms with Crippen molar-refractivity contribution in [3.05, 3.63) is 47.5 Å². The monoisotopic (exact) mass is 501 g/mol. The van der Waals surface area contributed by atoms with Crippen molar-refractivity contribution in [1.82, 2.24) is 10.6 Å². The number of aliphatic imine (C=N–C) groups is 1. The van der Waals surface area contributed by atoms with Gasteiger partial charge in [-0.15, -0.1) is 24.0 Å². The summed E-state index contributed by atoms with van der Waals surface area (Å²) in [6, 6.07) is 11.7. The molecule has 7 nitrogen and oxygen atoms in total. The number of methoxy groups -OCH3 is 4. The second-order valence-electron chi connectivity index (χ2n) is 5.62. The molecule has 0 aliphatic carbocycles. The maximum absolute atomic E-state index is 5.51. The molecular formula is C20H28IN3O4. The van der Waals surface area contributed by atoms with E-state index in [1.54, 1.807) is 35.5 Å². The highest BCUT2D eigenvalue weighted by atomic mass is 127. The smallest absolute Gasteiger partial charge is 0.203 e. The lowest BCUT2D eigenvalue weighted by Gasteiger charge is -2.17. The average molecular weight is 501 g/mol. The maximum Gasteiger partial charge on any atom is 0.203 e. The van der Waals surface area contributed by atoms with Crippen LogP contribution in [0.4, 0.5) is 0 Å². The first kappa shape index (κ1) is 23.7. The Hall–Kier alpha value is -2.36. The summed E-state index contributed by atoms with van der Waals surface area (Å²) in [5.74, 6) is 3.35. The molecule has 0 saturated carbocycles. The van der Waals surface area contributed by atoms with Crippen LogP contribution in [0.25, 0.3) is 0 Å². The molecule has 8 heteroatoms. The van der Waals surface area contributed by atoms with E-state index in [2.05, 4.69) is 15.6 Å². The summed E-state index contributed by atoms with van der Waals surface area (Å²) < 4.78 is 21.4. The molecule has 0 heterocycles. The highest BCUT2D eigenvalue weighted by molar-refractivity contribution is 14.0. The number of guanidine groups is 1. The molecule has 0 unspecified atom stereocenters. The van der Waals surface area contributed by atoms with Crippen molar-refractivity contribution >= 4 is 29.9 Å². The van der Waals surface area contributed by atoms with Crippen molar-refractivity contribution in [2.45, 2.75) is 13.1 Å². The molecule has 154 valence electrons. The fourth-order valence-corrected chi connectivity index (χ4v) is 2.63. The Morgan fingerprint density at radius 2 is 1.43 bits per heavy atom. The van der Waals surface area contributed by atoms with E-state index in [0.717, 1.165) is 16.9 Å². The normalized spacial score (nSPS) is 10.5. The number of benzene rings is 2. The van der Waals surface area contributed by atoms with Crippen LogP contribution >= 0.6 is 24.0 Å². The predicted molar refractivity (Wildman–Crippen MR) is 122 cm³/mol. The third kappa shape index (κ3) is 6.08. The van der Waals surface area contributed by atoms with Gasteiger partial charge in [-0.05, 0) is 29.8 Å². The van der Waals surface area contributed by atoms with Crippen LogP contribution in [0.3, 0.4) is 0 Å². The molecule has 2 rings (SSSR count). The van der Waals surface area contributed by atoms with E-state index in [1.807, 2.05) is 36.4 Å². The van der Waals surface area contributed by atoms with E-state index in [1.165, 1.54) is 0 Å². The Kier molecular flexibility index (Phi) is 10.3. The van der Waals surface area contributed by atoms with Gasteiger partial charge in [0.05, 0.1) is 28.4 Å². The molecule has 0 aromatic heterocycles. The number of ether oxygens (including phenoxy) is 4. The Balaban J connectivity index is 0.00000392. The molecule has 2 N–H and O–H groups in total. The summed E-state index contributed by atoms with van der Waals surface area (Å²) in [6.07, 6.45) is 0. The zero-order chi connectivity index (χ0) is 19.6. The van der Waals surface area contributed by atoms with Crippen molar-refractivity contribution in [2.24, 2.45) is 4.99 Å². The summed E-state index contributed by atoms with van der Waals surface area (Å²) in [7, 11) is 8.18. The molecule has 0 aliphatic rings. The minimum absolute atomic E-state index is 0. The number of rotatable bonds is 8. The van der Waals surface area contributed by atoms with E-state index in [-0.39, 0.29) is 24.0 Å². The molecule has 0 amide bonds. The molecule has 0 atom stereocenters. The van der Waals surface area contributed by atoms with Crippen LogP contribution in [0.5, 0.6) is 23.0 Å². The van der Waals surface area contributed by atoms with Gasteiger partial charge in [0.1, 0.15) is 5.75 Å². The average Bonchev–Trinajstić information content (AvgIpc) is 2.73. The zero-order valence-electron chi connectivity index (χ0n) is 16.9. The third-order valence-electron chi connectivity index (χ3n) is 4.07. The van der Waals surface area contributed by atoms with Gasteiger partial charge in [0.15, 0.2) is 17.5 Å². The van der Waals surface area contributed by atoms with Gasteiger partial charge < -0.3 is 29.6 Å². The number of hydrogen-bond donors (Lipinski definition) is 2. The quantitative estimate of drug-likeness (QED) is 0.329. The fourth-order valence-electron chi connectivity index (χ4n) is 2.63. The Morgan fingerprint density at radius 3 is 1.96 bits per heavy atom. The molecular weight excluding hydrogens is 473 g/mol. The van der Waals surface area contributed by atoms with E-state index in [9.17, 15) is 0 Å². The van der Waals surface area contributed by atoms with Gasteiger partial charge in [-0.25, -0.2) is 0 Å². The Morgan fingerprint density at radius 1 is 0.786 bits per heavy atom. The van der Waals surface area contributed by atoms with Gasteiger partial charge >= 0.3 is 0 Å². The lowest BCUT2D eigenvalue weighted by molar-refractivity contribution is 0.322. The standard InChI is InChI=1S/C20H27N3O4.HI/c1-21-20(22-12-14-6-9-16(24-2)10-7-14)23-13-15-8-11-17(25-3)19(27-5)18(15)26-4;/h6-11H,12-13H2,1-5H3,(H2,21,22,23);1H. The second-order valence-corrected chi connectivity index (χ2v) is 5.62. The zero-order valence-corrected chi connectivity index (χ0v) is 19.2. The van der Waals surface area contributed by atoms with Crippen LogP contribution in [-0.4, -0.2) is 41.4 Å². The van der Waals surface area contributed by atoms with Crippen molar-refractivity contribution in [3.63, 3.8) is 0 Å². The summed E-state index contributed by atoms with van der Waals surface area (Å²) >= 11 is 0. The van der Waals surface area contributed by atoms with Crippen molar-refractivity contribution in [2.75, 3.05) is 35.5 Å². The number of nitrogens with zero attached hydrogens (tertiary/aromatic N) is 1. The van der Waals surface area contributed by atoms with Crippen LogP contribution in [0.2, 0.25) is 0 Å². The lowest BCUT2D eigenvalue weighted by atomic mass is 10.1. The maximum atomic E-state index is 5.51. The van der Waals surface area contributed by atoms with E-state index in [4.69, 9.17) is 18.9 Å². The molecule has 2 aromatic carbocycles. The van der Waals surface area contributed by atoms with Crippen LogP contribution in [0.15, 0.2) is 41.4 Å². The Labute approximate surface area is 183 Å². The van der Waals surface area contributed by atoms with Crippen molar-refractivity contribution in [3.8, 4) is 23.0 Å². The summed E-state index contributed by atoms with van der Waals surface area (Å²) in [6.45, 7) is 1.17. The topological polar surface area (TPSA) is 73.3 Å². The predicted octanol–water partition coefficient (Wildman–Crippen LogP) is 3.20. The number of hydrogen-bond acceptors (Lipinski definition) is 5. The molecule has 0 radical (unpaired) electrons. The van der Waals surface area contributed by atoms with Crippen molar-refractivity contribution < 1.29 is 18.9 Å². The summed E-state index contributed by atoms with van der Waals surface area (Å²) in [5, 5.41) is 6.56. The van der Waals surface area contributed by atoms with Crippen molar-refractivity contribution in [1.29, 1.82) is 0 Å². The largest absolute Gasteiger partial charge is 0.497 e. The minimum Gasteiger partial charge on any atom is -0.497 e. The van der Waals surface area contributed by atoms with E-state index < -0.39 is 0 Å². The van der Waals surface area contributed by atoms with Crippen LogP contribution < -0.4 is 29.6 Å². The van der Waals surface area contributed by atoms with E-state index in [0.29, 0.717) is 36.3 Å². The third-order valence-corrected chi connectivity index (χ3v) is 4.07. The van der Waals surface area contributed by atoms with Gasteiger partial charge in [0.2, 0.25) is 5.75 Å². The van der Waals surface area contributed by atoms with Gasteiger partial charge in [0.25, 0.3) is 0 Å². The van der Waals surface area contributed by atoms with Gasteiger partial charge in [-0.2, -0.15) is 0 Å². The number of halogens is 1. The van der Waals surface area contributed by atoms with Gasteiger partial charge in [-0.3, -0.25) is 4.99 Å². The summed E-state index contributed by atoms with van der Waals surface area (Å²) in [4.78, 5) is 4.26. The van der Waals surface area contributed by atoms with Gasteiger partial charge in [-0.1, -0.05) is 12.1 Å². The van der Waals surface area contributed by atoms with E-state index >= 15 is 0 Å². The highest BCUT2D eigenvalue weighted by Gasteiger charge is 2.15. The van der Waals surface area contributed by atoms with Crippen LogP contribution in [-0.2, 0) is 13.1 Å².